The van der Waals surface area contributed by atoms with Crippen LogP contribution in [0.2, 0.25) is 0 Å². The number of carbonyl (C=O) groups excluding carboxylic acids is 1. The fraction of sp³-hybridized carbons (Fsp3) is 0.741. The molecule has 1 unspecified atom stereocenters. The number of nitrogens with one attached hydrogen (secondary N) is 1. The van der Waals surface area contributed by atoms with Crippen LogP contribution in [0.5, 0.6) is 0 Å². The number of halogens is 3. The number of carbonyl (C=O) groups is 1. The molecule has 35 heavy (non-hydrogen) atoms. The number of amides is 1. The Bertz CT molecular complexity index is 808. The summed E-state index contributed by atoms with van der Waals surface area (Å²) in [4.78, 5) is 12.4. The summed E-state index contributed by atoms with van der Waals surface area (Å²) in [7, 11) is -4.06. The first-order chi connectivity index (χ1) is 16.6. The number of alkyl halides is 3. The Morgan fingerprint density at radius 1 is 0.771 bits per heavy atom. The Balaban J connectivity index is 2.22. The van der Waals surface area contributed by atoms with E-state index in [-0.39, 0.29) is 11.3 Å². The van der Waals surface area contributed by atoms with E-state index in [0.29, 0.717) is 6.42 Å². The fourth-order valence-corrected chi connectivity index (χ4v) is 6.72. The lowest BCUT2D eigenvalue weighted by molar-refractivity contribution is -0.121. The summed E-state index contributed by atoms with van der Waals surface area (Å²) in [6.07, 6.45) is 18.8. The second-order valence-electron chi connectivity index (χ2n) is 9.55. The van der Waals surface area contributed by atoms with Gasteiger partial charge in [-0.05, 0) is 25.5 Å². The van der Waals surface area contributed by atoms with Crippen LogP contribution in [0.4, 0.5) is 0 Å². The van der Waals surface area contributed by atoms with E-state index >= 15 is 0 Å². The summed E-state index contributed by atoms with van der Waals surface area (Å²) in [6.45, 7) is 4.10. The summed E-state index contributed by atoms with van der Waals surface area (Å²) in [5, 5.41) is 0.790. The van der Waals surface area contributed by atoms with Gasteiger partial charge in [-0.2, -0.15) is 0 Å². The van der Waals surface area contributed by atoms with Crippen molar-refractivity contribution in [2.24, 2.45) is 0 Å². The van der Waals surface area contributed by atoms with Crippen LogP contribution >= 0.6 is 34.8 Å². The molecule has 1 amide bonds. The van der Waals surface area contributed by atoms with Gasteiger partial charge in [-0.3, -0.25) is 4.79 Å². The SMILES string of the molecule is CCCCCCCCCCCCCCCCCC(=O)NC(C(Cl)(Cl)Cl)S(=O)(=O)c1ccc(C)cc1. The third-order valence-corrected chi connectivity index (χ3v) is 9.32. The van der Waals surface area contributed by atoms with Gasteiger partial charge in [0.25, 0.3) is 0 Å². The number of hydrogen-bond donors (Lipinski definition) is 1. The third-order valence-electron chi connectivity index (χ3n) is 6.26. The number of benzene rings is 1. The molecule has 0 heterocycles. The van der Waals surface area contributed by atoms with Gasteiger partial charge >= 0.3 is 0 Å². The van der Waals surface area contributed by atoms with Crippen molar-refractivity contribution < 1.29 is 13.2 Å². The Labute approximate surface area is 228 Å². The minimum atomic E-state index is -4.06. The highest BCUT2D eigenvalue weighted by atomic mass is 35.6. The largest absolute Gasteiger partial charge is 0.336 e. The van der Waals surface area contributed by atoms with E-state index in [0.717, 1.165) is 24.8 Å². The molecule has 1 aromatic carbocycles. The maximum Gasteiger partial charge on any atom is 0.225 e. The Hall–Kier alpha value is -0.490. The monoisotopic (exact) mass is 567 g/mol. The Morgan fingerprint density at radius 3 is 1.57 bits per heavy atom. The van der Waals surface area contributed by atoms with Crippen LogP contribution in [0.3, 0.4) is 0 Å². The van der Waals surface area contributed by atoms with Crippen molar-refractivity contribution in [2.45, 2.75) is 131 Å². The van der Waals surface area contributed by atoms with Crippen LogP contribution in [-0.2, 0) is 14.6 Å². The highest BCUT2D eigenvalue weighted by Crippen LogP contribution is 2.36. The zero-order valence-corrected chi connectivity index (χ0v) is 24.6. The number of aryl methyl sites for hydroxylation is 1. The molecule has 0 bridgehead atoms. The van der Waals surface area contributed by atoms with Crippen LogP contribution in [0.15, 0.2) is 29.2 Å². The lowest BCUT2D eigenvalue weighted by Gasteiger charge is -2.25. The highest BCUT2D eigenvalue weighted by molar-refractivity contribution is 7.92. The van der Waals surface area contributed by atoms with E-state index in [1.54, 1.807) is 12.1 Å². The summed E-state index contributed by atoms with van der Waals surface area (Å²) in [5.41, 5.74) is 0.909. The van der Waals surface area contributed by atoms with E-state index in [1.807, 2.05) is 6.92 Å². The van der Waals surface area contributed by atoms with Crippen molar-refractivity contribution in [2.75, 3.05) is 0 Å². The van der Waals surface area contributed by atoms with Gasteiger partial charge in [-0.15, -0.1) is 0 Å². The topological polar surface area (TPSA) is 63.2 Å². The van der Waals surface area contributed by atoms with Crippen molar-refractivity contribution in [1.29, 1.82) is 0 Å². The van der Waals surface area contributed by atoms with Gasteiger partial charge in [0, 0.05) is 6.42 Å². The minimum absolute atomic E-state index is 0.00620. The second kappa shape index (κ2) is 17.9. The molecule has 0 fully saturated rings. The Kier molecular flexibility index (Phi) is 16.6. The number of unbranched alkanes of at least 4 members (excludes halogenated alkanes) is 14. The molecular formula is C27H44Cl3NO3S. The lowest BCUT2D eigenvalue weighted by Crippen LogP contribution is -2.49. The number of rotatable bonds is 19. The third kappa shape index (κ3) is 14.1. The van der Waals surface area contributed by atoms with Gasteiger partial charge in [-0.1, -0.05) is 149 Å². The summed E-state index contributed by atoms with van der Waals surface area (Å²) >= 11 is 17.8. The van der Waals surface area contributed by atoms with Gasteiger partial charge in [-0.25, -0.2) is 8.42 Å². The second-order valence-corrected chi connectivity index (χ2v) is 13.9. The quantitative estimate of drug-likeness (QED) is 0.134. The molecule has 4 nitrogen and oxygen atoms in total. The van der Waals surface area contributed by atoms with Crippen LogP contribution in [0.25, 0.3) is 0 Å². The first-order valence-corrected chi connectivity index (χ1v) is 15.9. The molecule has 0 spiro atoms. The summed E-state index contributed by atoms with van der Waals surface area (Å²) < 4.78 is 23.8. The normalized spacial score (nSPS) is 13.1. The van der Waals surface area contributed by atoms with Gasteiger partial charge in [0.2, 0.25) is 19.5 Å². The van der Waals surface area contributed by atoms with Gasteiger partial charge in [0.05, 0.1) is 4.90 Å². The van der Waals surface area contributed by atoms with Crippen molar-refractivity contribution in [3.63, 3.8) is 0 Å². The zero-order chi connectivity index (χ0) is 26.2. The average Bonchev–Trinajstić information content (AvgIpc) is 2.79. The first kappa shape index (κ1) is 32.5. The predicted octanol–water partition coefficient (Wildman–Crippen LogP) is 8.84. The molecule has 0 aliphatic rings. The molecule has 0 saturated heterocycles. The molecule has 1 aromatic rings. The Morgan fingerprint density at radius 2 is 1.17 bits per heavy atom. The molecule has 1 N–H and O–H groups in total. The molecule has 0 radical (unpaired) electrons. The van der Waals surface area contributed by atoms with Crippen LogP contribution in [0, 0.1) is 6.92 Å². The van der Waals surface area contributed by atoms with E-state index in [1.165, 1.54) is 82.8 Å². The standard InChI is InChI=1S/C27H44Cl3NO3S/c1-3-4-5-6-7-8-9-10-11-12-13-14-15-16-17-18-25(32)31-26(27(28,29)30)35(33,34)24-21-19-23(2)20-22-24/h19-22,26H,3-18H2,1-2H3,(H,31,32). The zero-order valence-electron chi connectivity index (χ0n) is 21.5. The smallest absolute Gasteiger partial charge is 0.225 e. The maximum atomic E-state index is 13.0. The van der Waals surface area contributed by atoms with Gasteiger partial charge in [0.1, 0.15) is 0 Å². The molecule has 0 aromatic heterocycles. The summed E-state index contributed by atoms with van der Waals surface area (Å²) in [6, 6.07) is 6.24. The van der Waals surface area contributed by atoms with Crippen LogP contribution in [-0.4, -0.2) is 23.5 Å². The molecule has 0 aliphatic carbocycles. The molecule has 8 heteroatoms. The van der Waals surface area contributed by atoms with Crippen LogP contribution < -0.4 is 5.32 Å². The first-order valence-electron chi connectivity index (χ1n) is 13.3. The van der Waals surface area contributed by atoms with Crippen LogP contribution in [0.1, 0.15) is 115 Å². The predicted molar refractivity (Wildman–Crippen MR) is 150 cm³/mol. The highest BCUT2D eigenvalue weighted by Gasteiger charge is 2.44. The van der Waals surface area contributed by atoms with E-state index in [9.17, 15) is 13.2 Å². The average molecular weight is 569 g/mol. The van der Waals surface area contributed by atoms with E-state index in [2.05, 4.69) is 12.2 Å². The minimum Gasteiger partial charge on any atom is -0.336 e. The maximum absolute atomic E-state index is 13.0. The summed E-state index contributed by atoms with van der Waals surface area (Å²) in [5.74, 6) is -0.424. The van der Waals surface area contributed by atoms with Crippen molar-refractivity contribution in [3.8, 4) is 0 Å². The van der Waals surface area contributed by atoms with E-state index in [4.69, 9.17) is 34.8 Å². The van der Waals surface area contributed by atoms with Crippen molar-refractivity contribution >= 4 is 50.5 Å². The lowest BCUT2D eigenvalue weighted by atomic mass is 10.0. The molecule has 202 valence electrons. The van der Waals surface area contributed by atoms with E-state index < -0.39 is 24.9 Å². The molecule has 1 atom stereocenters. The van der Waals surface area contributed by atoms with Gasteiger partial charge in [0.15, 0.2) is 5.37 Å². The van der Waals surface area contributed by atoms with Gasteiger partial charge < -0.3 is 5.32 Å². The molecule has 1 rings (SSSR count). The molecular weight excluding hydrogens is 525 g/mol. The molecule has 0 aliphatic heterocycles. The molecule has 0 saturated carbocycles. The number of sulfone groups is 1. The van der Waals surface area contributed by atoms with Crippen molar-refractivity contribution in [1.82, 2.24) is 5.32 Å². The number of hydrogen-bond acceptors (Lipinski definition) is 3. The van der Waals surface area contributed by atoms with Crippen molar-refractivity contribution in [3.05, 3.63) is 29.8 Å². The fourth-order valence-electron chi connectivity index (χ4n) is 4.07.